The van der Waals surface area contributed by atoms with Crippen LogP contribution in [0, 0.1) is 5.92 Å². The number of amides is 3. The van der Waals surface area contributed by atoms with E-state index in [1.165, 1.54) is 0 Å². The molecule has 1 heterocycles. The number of urea groups is 1. The minimum Gasteiger partial charge on any atom is -0.494 e. The van der Waals surface area contributed by atoms with E-state index >= 15 is 0 Å². The molecular formula is C27H34ClN3O5. The number of aliphatic carboxylic acids is 1. The molecule has 0 aromatic heterocycles. The fraction of sp³-hybridized carbons (Fsp3) is 0.444. The van der Waals surface area contributed by atoms with E-state index in [4.69, 9.17) is 16.3 Å². The van der Waals surface area contributed by atoms with Gasteiger partial charge in [0.25, 0.3) is 5.91 Å². The molecule has 0 unspecified atom stereocenters. The van der Waals surface area contributed by atoms with Crippen LogP contribution in [0.2, 0.25) is 5.02 Å². The summed E-state index contributed by atoms with van der Waals surface area (Å²) in [6.45, 7) is 8.67. The first-order valence-corrected chi connectivity index (χ1v) is 12.6. The van der Waals surface area contributed by atoms with Crippen molar-refractivity contribution in [3.8, 4) is 5.75 Å². The number of ether oxygens (including phenoxy) is 1. The Kier molecular flexibility index (Phi) is 9.20. The first-order valence-electron chi connectivity index (χ1n) is 12.2. The molecule has 9 heteroatoms. The Hall–Kier alpha value is -3.26. The molecule has 1 aliphatic heterocycles. The van der Waals surface area contributed by atoms with Gasteiger partial charge < -0.3 is 25.0 Å². The third-order valence-corrected chi connectivity index (χ3v) is 6.37. The quantitative estimate of drug-likeness (QED) is 0.504. The van der Waals surface area contributed by atoms with Gasteiger partial charge in [-0.2, -0.15) is 0 Å². The fourth-order valence-electron chi connectivity index (χ4n) is 4.22. The summed E-state index contributed by atoms with van der Waals surface area (Å²) in [5, 5.41) is 12.5. The van der Waals surface area contributed by atoms with Crippen LogP contribution in [-0.2, 0) is 11.3 Å². The number of rotatable bonds is 8. The highest BCUT2D eigenvalue weighted by molar-refractivity contribution is 6.34. The molecule has 2 aromatic rings. The number of fused-ring (bicyclic) bond motifs is 1. The molecule has 0 bridgehead atoms. The van der Waals surface area contributed by atoms with E-state index in [0.29, 0.717) is 30.0 Å². The van der Waals surface area contributed by atoms with Crippen LogP contribution < -0.4 is 15.0 Å². The summed E-state index contributed by atoms with van der Waals surface area (Å²) >= 11 is 6.48. The monoisotopic (exact) mass is 515 g/mol. The lowest BCUT2D eigenvalue weighted by atomic mass is 10.0. The first-order chi connectivity index (χ1) is 17.1. The number of para-hydroxylation sites is 1. The summed E-state index contributed by atoms with van der Waals surface area (Å²) in [7, 11) is 0. The minimum absolute atomic E-state index is 0.102. The zero-order valence-corrected chi connectivity index (χ0v) is 21.9. The third-order valence-electron chi connectivity index (χ3n) is 6.05. The summed E-state index contributed by atoms with van der Waals surface area (Å²) < 4.78 is 5.62. The van der Waals surface area contributed by atoms with Gasteiger partial charge in [0.2, 0.25) is 0 Å². The van der Waals surface area contributed by atoms with Crippen LogP contribution in [0.1, 0.15) is 56.5 Å². The number of anilines is 1. The largest absolute Gasteiger partial charge is 0.494 e. The zero-order valence-electron chi connectivity index (χ0n) is 21.2. The van der Waals surface area contributed by atoms with Gasteiger partial charge in [0.05, 0.1) is 17.2 Å². The zero-order chi connectivity index (χ0) is 26.4. The van der Waals surface area contributed by atoms with Gasteiger partial charge >= 0.3 is 12.0 Å². The van der Waals surface area contributed by atoms with Gasteiger partial charge in [-0.15, -0.1) is 0 Å². The number of hydrogen-bond donors (Lipinski definition) is 2. The Balaban J connectivity index is 1.88. The number of nitrogens with one attached hydrogen (secondary N) is 1. The Morgan fingerprint density at radius 1 is 1.19 bits per heavy atom. The van der Waals surface area contributed by atoms with Crippen molar-refractivity contribution in [2.45, 2.75) is 59.2 Å². The average molecular weight is 516 g/mol. The van der Waals surface area contributed by atoms with Gasteiger partial charge in [-0.3, -0.25) is 4.79 Å². The summed E-state index contributed by atoms with van der Waals surface area (Å²) in [5.74, 6) is -0.657. The van der Waals surface area contributed by atoms with E-state index in [9.17, 15) is 19.5 Å². The number of carbonyl (C=O) groups is 3. The van der Waals surface area contributed by atoms with Crippen molar-refractivity contribution in [2.24, 2.45) is 5.92 Å². The highest BCUT2D eigenvalue weighted by Gasteiger charge is 2.33. The molecular weight excluding hydrogens is 482 g/mol. The normalized spacial score (nSPS) is 16.2. The van der Waals surface area contributed by atoms with Gasteiger partial charge in [-0.05, 0) is 55.5 Å². The maximum atomic E-state index is 13.7. The van der Waals surface area contributed by atoms with Gasteiger partial charge in [0.1, 0.15) is 11.8 Å². The van der Waals surface area contributed by atoms with Gasteiger partial charge in [0.15, 0.2) is 0 Å². The molecule has 36 heavy (non-hydrogen) atoms. The number of carboxylic acid groups (broad SMARTS) is 1. The summed E-state index contributed by atoms with van der Waals surface area (Å²) in [5.41, 5.74) is 1.80. The highest BCUT2D eigenvalue weighted by atomic mass is 35.5. The average Bonchev–Trinajstić information content (AvgIpc) is 2.98. The first kappa shape index (κ1) is 27.3. The van der Waals surface area contributed by atoms with E-state index < -0.39 is 18.0 Å². The van der Waals surface area contributed by atoms with Crippen LogP contribution in [0.15, 0.2) is 42.5 Å². The van der Waals surface area contributed by atoms with Crippen LogP contribution >= 0.6 is 11.6 Å². The van der Waals surface area contributed by atoms with Gasteiger partial charge in [-0.1, -0.05) is 50.6 Å². The predicted octanol–water partition coefficient (Wildman–Crippen LogP) is 5.19. The van der Waals surface area contributed by atoms with Crippen molar-refractivity contribution in [1.29, 1.82) is 0 Å². The molecule has 8 nitrogen and oxygen atoms in total. The highest BCUT2D eigenvalue weighted by Crippen LogP contribution is 2.31. The maximum Gasteiger partial charge on any atom is 0.326 e. The fourth-order valence-corrected chi connectivity index (χ4v) is 4.47. The second-order valence-electron chi connectivity index (χ2n) is 9.48. The lowest BCUT2D eigenvalue weighted by Gasteiger charge is -2.30. The number of carbonyl (C=O) groups excluding carboxylic acids is 2. The van der Waals surface area contributed by atoms with Crippen LogP contribution in [-0.4, -0.2) is 53.1 Å². The van der Waals surface area contributed by atoms with Crippen molar-refractivity contribution >= 4 is 35.2 Å². The number of nitrogens with zero attached hydrogens (tertiary/aromatic N) is 2. The number of hydrogen-bond acceptors (Lipinski definition) is 4. The number of benzene rings is 2. The SMILES string of the molecule is CCCOc1ccc(C(=O)N2C[C@@H](C)N(C(=O)N[C@@H](CC(C)C)C(=O)O)Cc3ccccc32)c(Cl)c1. The summed E-state index contributed by atoms with van der Waals surface area (Å²) in [6, 6.07) is 10.5. The topological polar surface area (TPSA) is 99.2 Å². The van der Waals surface area contributed by atoms with Crippen LogP contribution in [0.4, 0.5) is 10.5 Å². The second-order valence-corrected chi connectivity index (χ2v) is 9.89. The van der Waals surface area contributed by atoms with Crippen LogP contribution in [0.5, 0.6) is 5.75 Å². The molecule has 0 fully saturated rings. The van der Waals surface area contributed by atoms with Crippen molar-refractivity contribution in [3.05, 3.63) is 58.6 Å². The molecule has 2 N–H and O–H groups in total. The second kappa shape index (κ2) is 12.1. The molecule has 1 aliphatic rings. The van der Waals surface area contributed by atoms with E-state index in [-0.39, 0.29) is 36.0 Å². The Morgan fingerprint density at radius 3 is 2.56 bits per heavy atom. The molecule has 2 aromatic carbocycles. The molecule has 0 radical (unpaired) electrons. The molecule has 0 spiro atoms. The smallest absolute Gasteiger partial charge is 0.326 e. The molecule has 194 valence electrons. The molecule has 0 saturated carbocycles. The standard InChI is InChI=1S/C27H34ClN3O5/c1-5-12-36-20-10-11-21(22(28)14-20)25(32)31-15-18(4)30(16-19-8-6-7-9-24(19)31)27(35)29-23(26(33)34)13-17(2)3/h6-11,14,17-18,23H,5,12-13,15-16H2,1-4H3,(H,29,35)(H,33,34)/t18-,23+/m1/s1. The minimum atomic E-state index is -1.07. The molecule has 3 amide bonds. The Morgan fingerprint density at radius 2 is 1.92 bits per heavy atom. The number of carboxylic acids is 1. The Bertz CT molecular complexity index is 1110. The maximum absolute atomic E-state index is 13.7. The lowest BCUT2D eigenvalue weighted by molar-refractivity contribution is -0.139. The van der Waals surface area contributed by atoms with Gasteiger partial charge in [-0.25, -0.2) is 9.59 Å². The van der Waals surface area contributed by atoms with Crippen molar-refractivity contribution in [3.63, 3.8) is 0 Å². The van der Waals surface area contributed by atoms with Crippen LogP contribution in [0.25, 0.3) is 0 Å². The molecule has 3 rings (SSSR count). The predicted molar refractivity (Wildman–Crippen MR) is 140 cm³/mol. The van der Waals surface area contributed by atoms with E-state index in [0.717, 1.165) is 12.0 Å². The lowest BCUT2D eigenvalue weighted by Crippen LogP contribution is -2.52. The van der Waals surface area contributed by atoms with Crippen molar-refractivity contribution in [2.75, 3.05) is 18.1 Å². The third kappa shape index (κ3) is 6.49. The van der Waals surface area contributed by atoms with E-state index in [2.05, 4.69) is 5.32 Å². The van der Waals surface area contributed by atoms with Crippen molar-refractivity contribution < 1.29 is 24.2 Å². The van der Waals surface area contributed by atoms with E-state index in [1.54, 1.807) is 28.0 Å². The molecule has 0 aliphatic carbocycles. The number of halogens is 1. The summed E-state index contributed by atoms with van der Waals surface area (Å²) in [6.07, 6.45) is 1.18. The molecule has 2 atom stereocenters. The van der Waals surface area contributed by atoms with Crippen LogP contribution in [0.3, 0.4) is 0 Å². The van der Waals surface area contributed by atoms with Crippen molar-refractivity contribution in [1.82, 2.24) is 10.2 Å². The van der Waals surface area contributed by atoms with E-state index in [1.807, 2.05) is 52.0 Å². The molecule has 0 saturated heterocycles. The summed E-state index contributed by atoms with van der Waals surface area (Å²) in [4.78, 5) is 41.8. The van der Waals surface area contributed by atoms with Gasteiger partial charge in [0, 0.05) is 24.8 Å². The Labute approximate surface area is 217 Å².